The van der Waals surface area contributed by atoms with Crippen molar-refractivity contribution in [3.05, 3.63) is 23.8 Å². The molecule has 0 saturated heterocycles. The van der Waals surface area contributed by atoms with Crippen molar-refractivity contribution >= 4 is 0 Å². The zero-order valence-electron chi connectivity index (χ0n) is 16.1. The standard InChI is InChI=1S/C19H34N2O3/c1-7-21(8-2)13-16(22)14-24-17-10-9-15(11-18(17)23-6)12-20-19(3,4)5/h9-11,16,20,22H,7-8,12-14H2,1-6H3/t16-/m0/s1. The summed E-state index contributed by atoms with van der Waals surface area (Å²) in [5.41, 5.74) is 1.20. The molecule has 0 fully saturated rings. The zero-order valence-corrected chi connectivity index (χ0v) is 16.1. The number of likely N-dealkylation sites (N-methyl/N-ethyl adjacent to an activating group) is 1. The van der Waals surface area contributed by atoms with Crippen LogP contribution in [0.4, 0.5) is 0 Å². The number of rotatable bonds is 10. The van der Waals surface area contributed by atoms with Crippen LogP contribution in [0.2, 0.25) is 0 Å². The van der Waals surface area contributed by atoms with Gasteiger partial charge in [0.1, 0.15) is 12.7 Å². The summed E-state index contributed by atoms with van der Waals surface area (Å²) in [6, 6.07) is 5.90. The molecule has 0 aliphatic heterocycles. The highest BCUT2D eigenvalue weighted by molar-refractivity contribution is 5.43. The summed E-state index contributed by atoms with van der Waals surface area (Å²) < 4.78 is 11.2. The molecule has 0 saturated carbocycles. The first kappa shape index (κ1) is 20.7. The second kappa shape index (κ2) is 9.87. The van der Waals surface area contributed by atoms with Gasteiger partial charge in [0.25, 0.3) is 0 Å². The van der Waals surface area contributed by atoms with Crippen LogP contribution in [0.5, 0.6) is 11.5 Å². The normalized spacial score (nSPS) is 13.2. The first-order valence-electron chi connectivity index (χ1n) is 8.74. The van der Waals surface area contributed by atoms with Gasteiger partial charge in [0.05, 0.1) is 7.11 Å². The van der Waals surface area contributed by atoms with Gasteiger partial charge in [0, 0.05) is 18.6 Å². The fourth-order valence-electron chi connectivity index (χ4n) is 2.33. The van der Waals surface area contributed by atoms with E-state index in [9.17, 15) is 5.11 Å². The van der Waals surface area contributed by atoms with Crippen molar-refractivity contribution in [2.75, 3.05) is 33.4 Å². The maximum absolute atomic E-state index is 10.1. The van der Waals surface area contributed by atoms with Gasteiger partial charge >= 0.3 is 0 Å². The highest BCUT2D eigenvalue weighted by Gasteiger charge is 2.13. The average molecular weight is 338 g/mol. The summed E-state index contributed by atoms with van der Waals surface area (Å²) in [5.74, 6) is 1.36. The number of methoxy groups -OCH3 is 1. The molecule has 5 nitrogen and oxygen atoms in total. The van der Waals surface area contributed by atoms with Crippen LogP contribution in [0.15, 0.2) is 18.2 Å². The molecule has 1 aromatic rings. The highest BCUT2D eigenvalue weighted by Crippen LogP contribution is 2.28. The Balaban J connectivity index is 2.62. The van der Waals surface area contributed by atoms with E-state index in [2.05, 4.69) is 44.8 Å². The molecule has 0 aromatic heterocycles. The predicted molar refractivity (Wildman–Crippen MR) is 98.9 cm³/mol. The minimum atomic E-state index is -0.517. The second-order valence-electron chi connectivity index (χ2n) is 7.04. The molecule has 0 unspecified atom stereocenters. The quantitative estimate of drug-likeness (QED) is 0.687. The molecule has 5 heteroatoms. The molecule has 24 heavy (non-hydrogen) atoms. The molecule has 0 spiro atoms. The van der Waals surface area contributed by atoms with Gasteiger partial charge in [-0.05, 0) is 51.6 Å². The Labute approximate surface area is 147 Å². The highest BCUT2D eigenvalue weighted by atomic mass is 16.5. The Bertz CT molecular complexity index is 482. The topological polar surface area (TPSA) is 54.0 Å². The third-order valence-corrected chi connectivity index (χ3v) is 3.85. The molecule has 0 radical (unpaired) electrons. The largest absolute Gasteiger partial charge is 0.493 e. The first-order valence-corrected chi connectivity index (χ1v) is 8.74. The van der Waals surface area contributed by atoms with Gasteiger partial charge in [0.2, 0.25) is 0 Å². The van der Waals surface area contributed by atoms with Crippen LogP contribution < -0.4 is 14.8 Å². The lowest BCUT2D eigenvalue weighted by molar-refractivity contribution is 0.0705. The lowest BCUT2D eigenvalue weighted by Crippen LogP contribution is -2.35. The molecule has 0 bridgehead atoms. The lowest BCUT2D eigenvalue weighted by Gasteiger charge is -2.23. The summed E-state index contributed by atoms with van der Waals surface area (Å²) >= 11 is 0. The fraction of sp³-hybridized carbons (Fsp3) is 0.684. The molecule has 1 aromatic carbocycles. The molecule has 2 N–H and O–H groups in total. The number of aliphatic hydroxyl groups excluding tert-OH is 1. The summed E-state index contributed by atoms with van der Waals surface area (Å²) in [5, 5.41) is 13.6. The first-order chi connectivity index (χ1) is 11.3. The number of aliphatic hydroxyl groups is 1. The van der Waals surface area contributed by atoms with Gasteiger partial charge in [-0.3, -0.25) is 0 Å². The molecule has 0 heterocycles. The summed E-state index contributed by atoms with van der Waals surface area (Å²) in [4.78, 5) is 2.17. The number of hydrogen-bond acceptors (Lipinski definition) is 5. The summed E-state index contributed by atoms with van der Waals surface area (Å²) in [7, 11) is 1.63. The van der Waals surface area contributed by atoms with Gasteiger partial charge in [-0.15, -0.1) is 0 Å². The Morgan fingerprint density at radius 2 is 1.83 bits per heavy atom. The van der Waals surface area contributed by atoms with Crippen molar-refractivity contribution in [1.82, 2.24) is 10.2 Å². The van der Waals surface area contributed by atoms with E-state index in [1.165, 1.54) is 0 Å². The maximum Gasteiger partial charge on any atom is 0.161 e. The van der Waals surface area contributed by atoms with E-state index in [1.54, 1.807) is 7.11 Å². The van der Waals surface area contributed by atoms with Crippen LogP contribution in [0.25, 0.3) is 0 Å². The van der Waals surface area contributed by atoms with Gasteiger partial charge in [-0.25, -0.2) is 0 Å². The van der Waals surface area contributed by atoms with Crippen molar-refractivity contribution in [3.8, 4) is 11.5 Å². The number of nitrogens with one attached hydrogen (secondary N) is 1. The molecule has 0 aliphatic carbocycles. The van der Waals surface area contributed by atoms with E-state index in [4.69, 9.17) is 9.47 Å². The molecular formula is C19H34N2O3. The Hall–Kier alpha value is -1.30. The summed E-state index contributed by atoms with van der Waals surface area (Å²) in [6.07, 6.45) is -0.517. The smallest absolute Gasteiger partial charge is 0.161 e. The van der Waals surface area contributed by atoms with Crippen LogP contribution in [-0.4, -0.2) is 55.0 Å². The van der Waals surface area contributed by atoms with Crippen molar-refractivity contribution < 1.29 is 14.6 Å². The second-order valence-corrected chi connectivity index (χ2v) is 7.04. The van der Waals surface area contributed by atoms with Gasteiger partial charge in [-0.2, -0.15) is 0 Å². The van der Waals surface area contributed by atoms with Gasteiger partial charge in [0.15, 0.2) is 11.5 Å². The SMILES string of the molecule is CCN(CC)C[C@H](O)COc1ccc(CNC(C)(C)C)cc1OC. The van der Waals surface area contributed by atoms with Crippen LogP contribution in [-0.2, 0) is 6.54 Å². The van der Waals surface area contributed by atoms with Crippen molar-refractivity contribution in [1.29, 1.82) is 0 Å². The lowest BCUT2D eigenvalue weighted by atomic mass is 10.1. The maximum atomic E-state index is 10.1. The molecule has 0 aliphatic rings. The number of hydrogen-bond donors (Lipinski definition) is 2. The Kier molecular flexibility index (Phi) is 8.53. The van der Waals surface area contributed by atoms with Crippen LogP contribution >= 0.6 is 0 Å². The third kappa shape index (κ3) is 7.51. The van der Waals surface area contributed by atoms with E-state index in [-0.39, 0.29) is 12.1 Å². The van der Waals surface area contributed by atoms with Crippen molar-refractivity contribution in [3.63, 3.8) is 0 Å². The van der Waals surface area contributed by atoms with E-state index < -0.39 is 6.10 Å². The fourth-order valence-corrected chi connectivity index (χ4v) is 2.33. The monoisotopic (exact) mass is 338 g/mol. The zero-order chi connectivity index (χ0) is 18.2. The average Bonchev–Trinajstić information content (AvgIpc) is 2.55. The van der Waals surface area contributed by atoms with E-state index in [1.807, 2.05) is 18.2 Å². The van der Waals surface area contributed by atoms with Crippen molar-refractivity contribution in [2.24, 2.45) is 0 Å². The molecule has 138 valence electrons. The van der Waals surface area contributed by atoms with Gasteiger partial charge in [-0.1, -0.05) is 19.9 Å². The Morgan fingerprint density at radius 1 is 1.17 bits per heavy atom. The van der Waals surface area contributed by atoms with Crippen LogP contribution in [0.3, 0.4) is 0 Å². The predicted octanol–water partition coefficient (Wildman–Crippen LogP) is 2.66. The molecule has 1 rings (SSSR count). The van der Waals surface area contributed by atoms with E-state index in [0.717, 1.165) is 25.2 Å². The number of nitrogens with zero attached hydrogens (tertiary/aromatic N) is 1. The molecule has 0 amide bonds. The van der Waals surface area contributed by atoms with Gasteiger partial charge < -0.3 is 24.8 Å². The summed E-state index contributed by atoms with van der Waals surface area (Å²) in [6.45, 7) is 14.1. The number of ether oxygens (including phenoxy) is 2. The minimum Gasteiger partial charge on any atom is -0.493 e. The van der Waals surface area contributed by atoms with E-state index in [0.29, 0.717) is 18.0 Å². The third-order valence-electron chi connectivity index (χ3n) is 3.85. The molecule has 1 atom stereocenters. The molecular weight excluding hydrogens is 304 g/mol. The van der Waals surface area contributed by atoms with E-state index >= 15 is 0 Å². The van der Waals surface area contributed by atoms with Crippen molar-refractivity contribution in [2.45, 2.75) is 52.8 Å². The Morgan fingerprint density at radius 3 is 2.38 bits per heavy atom. The van der Waals surface area contributed by atoms with Crippen LogP contribution in [0.1, 0.15) is 40.2 Å². The minimum absolute atomic E-state index is 0.0664. The number of benzene rings is 1. The van der Waals surface area contributed by atoms with Crippen LogP contribution in [0, 0.1) is 0 Å².